The molecule has 0 N–H and O–H groups in total. The largest absolute Gasteiger partial charge is 0.290 e. The van der Waals surface area contributed by atoms with Gasteiger partial charge in [0.1, 0.15) is 5.69 Å². The van der Waals surface area contributed by atoms with Gasteiger partial charge in [-0.05, 0) is 17.7 Å². The molecule has 1 aromatic heterocycles. The first-order valence-electron chi connectivity index (χ1n) is 6.49. The smallest absolute Gasteiger partial charge is 0.233 e. The zero-order chi connectivity index (χ0) is 14.2. The van der Waals surface area contributed by atoms with Crippen LogP contribution in [0.4, 0.5) is 0 Å². The third-order valence-corrected chi connectivity index (χ3v) is 4.21. The highest BCUT2D eigenvalue weighted by atomic mass is 32.1. The lowest BCUT2D eigenvalue weighted by atomic mass is 10.1. The first-order chi connectivity index (χ1) is 10.3. The third-order valence-electron chi connectivity index (χ3n) is 3.22. The fraction of sp³-hybridized carbons (Fsp3) is 0.0667. The predicted octanol–water partition coefficient (Wildman–Crippen LogP) is 2.24. The van der Waals surface area contributed by atoms with Gasteiger partial charge in [0.15, 0.2) is 11.3 Å². The molecule has 5 nitrogen and oxygen atoms in total. The summed E-state index contributed by atoms with van der Waals surface area (Å²) in [4.78, 5) is 12.9. The molecule has 0 unspecified atom stereocenters. The van der Waals surface area contributed by atoms with Gasteiger partial charge in [-0.25, -0.2) is 0 Å². The van der Waals surface area contributed by atoms with Gasteiger partial charge in [0.05, 0.1) is 4.88 Å². The van der Waals surface area contributed by atoms with Crippen LogP contribution >= 0.6 is 11.3 Å². The molecular weight excluding hydrogens is 284 g/mol. The monoisotopic (exact) mass is 294 g/mol. The zero-order valence-electron chi connectivity index (χ0n) is 10.9. The van der Waals surface area contributed by atoms with E-state index >= 15 is 0 Å². The van der Waals surface area contributed by atoms with Crippen LogP contribution in [0.25, 0.3) is 15.5 Å². The van der Waals surface area contributed by atoms with Crippen molar-refractivity contribution >= 4 is 16.3 Å². The van der Waals surface area contributed by atoms with E-state index in [4.69, 9.17) is 0 Å². The number of hydrogen-bond donors (Lipinski definition) is 0. The van der Waals surface area contributed by atoms with Crippen molar-refractivity contribution in [2.75, 3.05) is 0 Å². The lowest BCUT2D eigenvalue weighted by molar-refractivity contribution is 0.846. The van der Waals surface area contributed by atoms with E-state index < -0.39 is 0 Å². The molecule has 4 rings (SSSR count). The standard InChI is InChI=1S/C15H10N4OS/c20-11-6-7-12-13(9-11)21-15-17-16-14(19(15)18-12)8-10-4-2-1-3-5-10/h1-7,9H,8H2. The summed E-state index contributed by atoms with van der Waals surface area (Å²) in [6.45, 7) is 0. The van der Waals surface area contributed by atoms with Gasteiger partial charge in [-0.1, -0.05) is 41.7 Å². The van der Waals surface area contributed by atoms with E-state index in [1.807, 2.05) is 18.2 Å². The second-order valence-electron chi connectivity index (χ2n) is 4.70. The van der Waals surface area contributed by atoms with Gasteiger partial charge < -0.3 is 0 Å². The molecule has 0 spiro atoms. The summed E-state index contributed by atoms with van der Waals surface area (Å²) < 4.78 is 1.75. The maximum atomic E-state index is 11.4. The van der Waals surface area contributed by atoms with Crippen LogP contribution in [0.5, 0.6) is 0 Å². The Morgan fingerprint density at radius 1 is 1.05 bits per heavy atom. The van der Waals surface area contributed by atoms with E-state index in [9.17, 15) is 4.79 Å². The van der Waals surface area contributed by atoms with E-state index in [0.29, 0.717) is 11.4 Å². The summed E-state index contributed by atoms with van der Waals surface area (Å²) in [5.74, 6) is 0.792. The molecule has 21 heavy (non-hydrogen) atoms. The minimum atomic E-state index is -0.0195. The molecule has 102 valence electrons. The Kier molecular flexibility index (Phi) is 2.75. The fourth-order valence-corrected chi connectivity index (χ4v) is 3.11. The number of aromatic nitrogens is 4. The Labute approximate surface area is 123 Å². The molecule has 0 saturated carbocycles. The minimum absolute atomic E-state index is 0.0195. The number of benzene rings is 2. The van der Waals surface area contributed by atoms with Crippen molar-refractivity contribution in [3.63, 3.8) is 0 Å². The van der Waals surface area contributed by atoms with Crippen LogP contribution in [0.2, 0.25) is 0 Å². The molecule has 0 amide bonds. The Bertz CT molecular complexity index is 945. The molecular formula is C15H10N4OS. The molecule has 2 aromatic rings. The van der Waals surface area contributed by atoms with Crippen molar-refractivity contribution in [1.29, 1.82) is 0 Å². The van der Waals surface area contributed by atoms with E-state index in [2.05, 4.69) is 27.4 Å². The van der Waals surface area contributed by atoms with Gasteiger partial charge in [0, 0.05) is 12.5 Å². The summed E-state index contributed by atoms with van der Waals surface area (Å²) in [7, 11) is 0. The van der Waals surface area contributed by atoms with Gasteiger partial charge >= 0.3 is 0 Å². The maximum Gasteiger partial charge on any atom is 0.233 e. The summed E-state index contributed by atoms with van der Waals surface area (Å²) in [6, 6.07) is 14.9. The quantitative estimate of drug-likeness (QED) is 0.569. The highest BCUT2D eigenvalue weighted by Gasteiger charge is 2.13. The van der Waals surface area contributed by atoms with Gasteiger partial charge in [0.2, 0.25) is 4.96 Å². The van der Waals surface area contributed by atoms with Crippen LogP contribution in [-0.4, -0.2) is 19.8 Å². The Balaban J connectivity index is 1.86. The maximum absolute atomic E-state index is 11.4. The molecule has 2 aliphatic rings. The molecule has 0 radical (unpaired) electrons. The van der Waals surface area contributed by atoms with E-state index in [1.54, 1.807) is 16.6 Å². The second-order valence-corrected chi connectivity index (χ2v) is 5.71. The Morgan fingerprint density at radius 2 is 1.90 bits per heavy atom. The molecule has 1 aliphatic heterocycles. The van der Waals surface area contributed by atoms with Crippen LogP contribution < -0.4 is 5.43 Å². The second kappa shape index (κ2) is 4.75. The summed E-state index contributed by atoms with van der Waals surface area (Å²) in [6.07, 6.45) is 0.673. The summed E-state index contributed by atoms with van der Waals surface area (Å²) in [5, 5.41) is 12.9. The molecule has 1 aromatic carbocycles. The van der Waals surface area contributed by atoms with Crippen molar-refractivity contribution in [3.05, 3.63) is 70.1 Å². The topological polar surface area (TPSA) is 60.2 Å². The van der Waals surface area contributed by atoms with Crippen LogP contribution in [0.3, 0.4) is 0 Å². The normalized spacial score (nSPS) is 11.2. The lowest BCUT2D eigenvalue weighted by Gasteiger charge is -2.04. The van der Waals surface area contributed by atoms with Crippen LogP contribution in [0, 0.1) is 0 Å². The van der Waals surface area contributed by atoms with E-state index in [0.717, 1.165) is 22.0 Å². The third kappa shape index (κ3) is 2.19. The summed E-state index contributed by atoms with van der Waals surface area (Å²) >= 11 is 1.42. The highest BCUT2D eigenvalue weighted by Crippen LogP contribution is 2.24. The van der Waals surface area contributed by atoms with E-state index in [1.165, 1.54) is 17.4 Å². The number of nitrogens with zero attached hydrogens (tertiary/aromatic N) is 4. The first-order valence-corrected chi connectivity index (χ1v) is 7.30. The van der Waals surface area contributed by atoms with Crippen molar-refractivity contribution in [2.24, 2.45) is 0 Å². The lowest BCUT2D eigenvalue weighted by Crippen LogP contribution is -2.04. The predicted molar refractivity (Wildman–Crippen MR) is 80.8 cm³/mol. The Hall–Kier alpha value is -2.60. The van der Waals surface area contributed by atoms with Crippen molar-refractivity contribution in [2.45, 2.75) is 6.42 Å². The minimum Gasteiger partial charge on any atom is -0.290 e. The van der Waals surface area contributed by atoms with Gasteiger partial charge in [0.25, 0.3) is 0 Å². The SMILES string of the molecule is O=c1ccc2nn3c(Cc4ccccc4)nnc3sc-2c1. The highest BCUT2D eigenvalue weighted by molar-refractivity contribution is 7.19. The molecule has 6 heteroatoms. The Morgan fingerprint density at radius 3 is 2.76 bits per heavy atom. The first kappa shape index (κ1) is 12.2. The van der Waals surface area contributed by atoms with Gasteiger partial charge in [-0.2, -0.15) is 9.61 Å². The van der Waals surface area contributed by atoms with Gasteiger partial charge in [-0.15, -0.1) is 10.2 Å². The van der Waals surface area contributed by atoms with Crippen molar-refractivity contribution in [1.82, 2.24) is 19.8 Å². The summed E-state index contributed by atoms with van der Waals surface area (Å²) in [5.41, 5.74) is 1.92. The van der Waals surface area contributed by atoms with Gasteiger partial charge in [-0.3, -0.25) is 4.79 Å². The van der Waals surface area contributed by atoms with Crippen LogP contribution in [-0.2, 0) is 6.42 Å². The number of fused-ring (bicyclic) bond motifs is 2. The van der Waals surface area contributed by atoms with Crippen molar-refractivity contribution < 1.29 is 0 Å². The average Bonchev–Trinajstić information content (AvgIpc) is 2.88. The molecule has 2 heterocycles. The number of hydrogen-bond acceptors (Lipinski definition) is 5. The molecule has 0 bridgehead atoms. The molecule has 0 atom stereocenters. The fourth-order valence-electron chi connectivity index (χ4n) is 2.21. The number of rotatable bonds is 2. The molecule has 0 fully saturated rings. The van der Waals surface area contributed by atoms with E-state index in [-0.39, 0.29) is 5.43 Å². The van der Waals surface area contributed by atoms with Crippen LogP contribution in [0.15, 0.2) is 53.3 Å². The van der Waals surface area contributed by atoms with Crippen molar-refractivity contribution in [3.8, 4) is 10.6 Å². The average molecular weight is 294 g/mol. The molecule has 0 saturated heterocycles. The van der Waals surface area contributed by atoms with Crippen LogP contribution in [0.1, 0.15) is 11.4 Å². The molecule has 1 aliphatic carbocycles. The zero-order valence-corrected chi connectivity index (χ0v) is 11.7.